The number of phenolic OH excluding ortho intramolecular Hbond substituents is 1. The van der Waals surface area contributed by atoms with Gasteiger partial charge in [0.25, 0.3) is 0 Å². The first kappa shape index (κ1) is 18.1. The van der Waals surface area contributed by atoms with Crippen molar-refractivity contribution in [1.29, 1.82) is 0 Å². The molecule has 1 N–H and O–H groups in total. The van der Waals surface area contributed by atoms with Gasteiger partial charge in [-0.15, -0.1) is 0 Å². The first-order chi connectivity index (χ1) is 11.5. The fourth-order valence-corrected chi connectivity index (χ4v) is 3.10. The summed E-state index contributed by atoms with van der Waals surface area (Å²) in [6, 6.07) is 11.8. The summed E-state index contributed by atoms with van der Waals surface area (Å²) in [7, 11) is 1.40. The molecule has 3 nitrogen and oxygen atoms in total. The predicted molar refractivity (Wildman–Crippen MR) is 96.7 cm³/mol. The van der Waals surface area contributed by atoms with Crippen LogP contribution in [0.2, 0.25) is 0 Å². The van der Waals surface area contributed by atoms with Crippen LogP contribution in [-0.4, -0.2) is 18.2 Å². The number of benzene rings is 2. The molecule has 0 spiro atoms. The van der Waals surface area contributed by atoms with Crippen LogP contribution in [-0.2, 0) is 11.2 Å². The molecular weight excluding hydrogens is 300 g/mol. The monoisotopic (exact) mass is 326 g/mol. The summed E-state index contributed by atoms with van der Waals surface area (Å²) in [5, 5.41) is 9.69. The fourth-order valence-electron chi connectivity index (χ4n) is 3.10. The van der Waals surface area contributed by atoms with Crippen LogP contribution in [0, 0.1) is 13.8 Å². The lowest BCUT2D eigenvalue weighted by Crippen LogP contribution is -2.05. The Morgan fingerprint density at radius 3 is 2.46 bits per heavy atom. The lowest BCUT2D eigenvalue weighted by Gasteiger charge is -2.17. The molecule has 2 rings (SSSR count). The Morgan fingerprint density at radius 2 is 1.88 bits per heavy atom. The van der Waals surface area contributed by atoms with Crippen LogP contribution in [0.5, 0.6) is 5.75 Å². The molecule has 1 unspecified atom stereocenters. The van der Waals surface area contributed by atoms with Gasteiger partial charge in [0, 0.05) is 0 Å². The van der Waals surface area contributed by atoms with Crippen molar-refractivity contribution in [2.45, 2.75) is 46.0 Å². The zero-order valence-electron chi connectivity index (χ0n) is 14.9. The molecule has 128 valence electrons. The van der Waals surface area contributed by atoms with Crippen molar-refractivity contribution in [3.8, 4) is 5.75 Å². The van der Waals surface area contributed by atoms with E-state index >= 15 is 0 Å². The van der Waals surface area contributed by atoms with Crippen molar-refractivity contribution in [3.05, 3.63) is 64.2 Å². The van der Waals surface area contributed by atoms with Gasteiger partial charge in [-0.05, 0) is 73.4 Å². The molecular formula is C21H26O3. The van der Waals surface area contributed by atoms with Crippen LogP contribution in [0.1, 0.15) is 58.3 Å². The van der Waals surface area contributed by atoms with Gasteiger partial charge in [0.1, 0.15) is 5.75 Å². The lowest BCUT2D eigenvalue weighted by atomic mass is 9.89. The summed E-state index contributed by atoms with van der Waals surface area (Å²) < 4.78 is 4.79. The van der Waals surface area contributed by atoms with Gasteiger partial charge in [-0.25, -0.2) is 4.79 Å². The Bertz CT molecular complexity index is 719. The van der Waals surface area contributed by atoms with Crippen molar-refractivity contribution in [2.24, 2.45) is 0 Å². The van der Waals surface area contributed by atoms with Crippen LogP contribution in [0.4, 0.5) is 0 Å². The third kappa shape index (κ3) is 4.16. The van der Waals surface area contributed by atoms with Crippen molar-refractivity contribution >= 4 is 5.97 Å². The highest BCUT2D eigenvalue weighted by Gasteiger charge is 2.13. The molecule has 1 atom stereocenters. The van der Waals surface area contributed by atoms with E-state index in [1.807, 2.05) is 32.0 Å². The molecule has 24 heavy (non-hydrogen) atoms. The molecule has 0 saturated carbocycles. The number of hydrogen-bond donors (Lipinski definition) is 1. The zero-order valence-corrected chi connectivity index (χ0v) is 14.9. The number of carbonyl (C=O) groups is 1. The number of aryl methyl sites for hydroxylation is 3. The Morgan fingerprint density at radius 1 is 1.12 bits per heavy atom. The number of esters is 1. The summed E-state index contributed by atoms with van der Waals surface area (Å²) >= 11 is 0. The summed E-state index contributed by atoms with van der Waals surface area (Å²) in [4.78, 5) is 11.7. The summed E-state index contributed by atoms with van der Waals surface area (Å²) in [5.74, 6) is 0.526. The SMILES string of the molecule is CCC(CCc1ccc(C(=O)OC)c(C)c1)c1ccc(O)c(C)c1. The highest BCUT2D eigenvalue weighted by Crippen LogP contribution is 2.29. The van der Waals surface area contributed by atoms with E-state index in [0.717, 1.165) is 30.4 Å². The first-order valence-electron chi connectivity index (χ1n) is 8.43. The van der Waals surface area contributed by atoms with Crippen molar-refractivity contribution in [1.82, 2.24) is 0 Å². The third-order valence-corrected chi connectivity index (χ3v) is 4.66. The molecule has 0 amide bonds. The predicted octanol–water partition coefficient (Wildman–Crippen LogP) is 4.92. The minimum Gasteiger partial charge on any atom is -0.508 e. The molecule has 0 aromatic heterocycles. The van der Waals surface area contributed by atoms with E-state index in [1.165, 1.54) is 18.2 Å². The number of hydrogen-bond acceptors (Lipinski definition) is 3. The molecule has 0 bridgehead atoms. The van der Waals surface area contributed by atoms with Gasteiger partial charge in [-0.3, -0.25) is 0 Å². The summed E-state index contributed by atoms with van der Waals surface area (Å²) in [6.07, 6.45) is 3.06. The molecule has 0 saturated heterocycles. The van der Waals surface area contributed by atoms with Crippen LogP contribution in [0.25, 0.3) is 0 Å². The second kappa shape index (κ2) is 8.00. The highest BCUT2D eigenvalue weighted by molar-refractivity contribution is 5.90. The number of ether oxygens (including phenoxy) is 1. The van der Waals surface area contributed by atoms with Crippen LogP contribution < -0.4 is 0 Å². The lowest BCUT2D eigenvalue weighted by molar-refractivity contribution is 0.0600. The summed E-state index contributed by atoms with van der Waals surface area (Å²) in [5.41, 5.74) is 5.00. The zero-order chi connectivity index (χ0) is 17.7. The molecule has 0 fully saturated rings. The maximum Gasteiger partial charge on any atom is 0.338 e. The first-order valence-corrected chi connectivity index (χ1v) is 8.43. The van der Waals surface area contributed by atoms with E-state index in [1.54, 1.807) is 6.07 Å². The second-order valence-electron chi connectivity index (χ2n) is 6.33. The summed E-state index contributed by atoms with van der Waals surface area (Å²) in [6.45, 7) is 6.06. The van der Waals surface area contributed by atoms with Gasteiger partial charge in [0.05, 0.1) is 12.7 Å². The number of phenols is 1. The van der Waals surface area contributed by atoms with E-state index < -0.39 is 0 Å². The topological polar surface area (TPSA) is 46.5 Å². The van der Waals surface area contributed by atoms with Gasteiger partial charge in [-0.1, -0.05) is 31.2 Å². The average molecular weight is 326 g/mol. The number of carbonyl (C=O) groups excluding carboxylic acids is 1. The maximum absolute atomic E-state index is 11.7. The fraction of sp³-hybridized carbons (Fsp3) is 0.381. The van der Waals surface area contributed by atoms with Crippen molar-refractivity contribution < 1.29 is 14.6 Å². The standard InChI is InChI=1S/C21H26O3/c1-5-17(18-9-11-20(22)15(3)13-18)8-6-16-7-10-19(14(2)12-16)21(23)24-4/h7,9-13,17,22H,5-6,8H2,1-4H3. The molecule has 2 aromatic carbocycles. The van der Waals surface area contributed by atoms with E-state index in [-0.39, 0.29) is 5.97 Å². The molecule has 3 heteroatoms. The van der Waals surface area contributed by atoms with Gasteiger partial charge in [0.15, 0.2) is 0 Å². The number of methoxy groups -OCH3 is 1. The van der Waals surface area contributed by atoms with Gasteiger partial charge in [0.2, 0.25) is 0 Å². The quantitative estimate of drug-likeness (QED) is 0.766. The Balaban J connectivity index is 2.09. The van der Waals surface area contributed by atoms with Gasteiger partial charge in [-0.2, -0.15) is 0 Å². The number of rotatable bonds is 6. The average Bonchev–Trinajstić information content (AvgIpc) is 2.58. The Hall–Kier alpha value is -2.29. The van der Waals surface area contributed by atoms with Crippen LogP contribution >= 0.6 is 0 Å². The second-order valence-corrected chi connectivity index (χ2v) is 6.33. The highest BCUT2D eigenvalue weighted by atomic mass is 16.5. The molecule has 0 radical (unpaired) electrons. The molecule has 0 aliphatic heterocycles. The largest absolute Gasteiger partial charge is 0.508 e. The van der Waals surface area contributed by atoms with Crippen LogP contribution in [0.3, 0.4) is 0 Å². The minimum atomic E-state index is -0.287. The smallest absolute Gasteiger partial charge is 0.338 e. The van der Waals surface area contributed by atoms with E-state index in [9.17, 15) is 9.90 Å². The van der Waals surface area contributed by atoms with E-state index in [4.69, 9.17) is 4.74 Å². The van der Waals surface area contributed by atoms with Crippen molar-refractivity contribution in [2.75, 3.05) is 7.11 Å². The maximum atomic E-state index is 11.7. The number of aromatic hydroxyl groups is 1. The molecule has 0 aliphatic rings. The Kier molecular flexibility index (Phi) is 6.02. The van der Waals surface area contributed by atoms with Gasteiger partial charge < -0.3 is 9.84 Å². The third-order valence-electron chi connectivity index (χ3n) is 4.66. The Labute approximate surface area is 144 Å². The molecule has 0 heterocycles. The van der Waals surface area contributed by atoms with Gasteiger partial charge >= 0.3 is 5.97 Å². The van der Waals surface area contributed by atoms with E-state index in [0.29, 0.717) is 17.2 Å². The van der Waals surface area contributed by atoms with Crippen molar-refractivity contribution in [3.63, 3.8) is 0 Å². The normalized spacial score (nSPS) is 12.0. The molecule has 2 aromatic rings. The molecule has 0 aliphatic carbocycles. The van der Waals surface area contributed by atoms with E-state index in [2.05, 4.69) is 19.1 Å². The minimum absolute atomic E-state index is 0.287. The van der Waals surface area contributed by atoms with Crippen LogP contribution in [0.15, 0.2) is 36.4 Å².